The number of fused-ring (bicyclic) bond motifs is 1. The van der Waals surface area contributed by atoms with Gasteiger partial charge in [-0.25, -0.2) is 4.98 Å². The van der Waals surface area contributed by atoms with E-state index < -0.39 is 0 Å². The van der Waals surface area contributed by atoms with Crippen LogP contribution >= 0.6 is 0 Å². The standard InChI is InChI=1S/C28H29N5O2/c1-33(2)16-17-35-23-5-3-4-20(6-9-23)28-30-26(19-12-14-29-15-13-19)27(31-28)22-7-10-24-21(18-22)8-11-25(24)32-34/h4-7,9-10,12-15,18,25H,3,8,11,16-17H2,1-2H3,(H,30,31). The van der Waals surface area contributed by atoms with Crippen LogP contribution in [0.3, 0.4) is 0 Å². The minimum absolute atomic E-state index is 0.239. The van der Waals surface area contributed by atoms with Crippen molar-refractivity contribution in [2.75, 3.05) is 27.2 Å². The van der Waals surface area contributed by atoms with Crippen LogP contribution in [0.5, 0.6) is 0 Å². The van der Waals surface area contributed by atoms with Gasteiger partial charge in [-0.05, 0) is 80.9 Å². The first-order valence-electron chi connectivity index (χ1n) is 11.9. The highest BCUT2D eigenvalue weighted by Gasteiger charge is 2.25. The van der Waals surface area contributed by atoms with Crippen molar-refractivity contribution in [2.45, 2.75) is 25.3 Å². The number of pyridine rings is 1. The largest absolute Gasteiger partial charge is 0.493 e. The molecule has 2 aromatic heterocycles. The van der Waals surface area contributed by atoms with E-state index in [-0.39, 0.29) is 6.04 Å². The number of imidazole rings is 1. The van der Waals surface area contributed by atoms with Crippen molar-refractivity contribution < 1.29 is 4.74 Å². The van der Waals surface area contributed by atoms with Crippen molar-refractivity contribution in [1.82, 2.24) is 19.9 Å². The van der Waals surface area contributed by atoms with Crippen LogP contribution in [-0.2, 0) is 11.2 Å². The van der Waals surface area contributed by atoms with Crippen molar-refractivity contribution in [3.05, 3.63) is 94.6 Å². The van der Waals surface area contributed by atoms with Crippen molar-refractivity contribution >= 4 is 5.57 Å². The summed E-state index contributed by atoms with van der Waals surface area (Å²) in [5.74, 6) is 1.68. The Hall–Kier alpha value is -3.84. The molecule has 2 heterocycles. The van der Waals surface area contributed by atoms with Gasteiger partial charge in [0, 0.05) is 35.6 Å². The van der Waals surface area contributed by atoms with Crippen LogP contribution < -0.4 is 0 Å². The van der Waals surface area contributed by atoms with Crippen molar-refractivity contribution in [3.63, 3.8) is 0 Å². The minimum atomic E-state index is -0.239. The van der Waals surface area contributed by atoms with Crippen LogP contribution in [-0.4, -0.2) is 47.1 Å². The van der Waals surface area contributed by atoms with Crippen molar-refractivity contribution in [2.24, 2.45) is 5.18 Å². The maximum atomic E-state index is 11.2. The van der Waals surface area contributed by atoms with Gasteiger partial charge in [0.25, 0.3) is 0 Å². The van der Waals surface area contributed by atoms with E-state index in [1.54, 1.807) is 12.4 Å². The van der Waals surface area contributed by atoms with E-state index in [4.69, 9.17) is 9.72 Å². The third-order valence-electron chi connectivity index (χ3n) is 6.43. The molecule has 0 saturated carbocycles. The average molecular weight is 468 g/mol. The Morgan fingerprint density at radius 3 is 2.77 bits per heavy atom. The van der Waals surface area contributed by atoms with E-state index in [9.17, 15) is 4.91 Å². The smallest absolute Gasteiger partial charge is 0.138 e. The Bertz CT molecular complexity index is 1300. The van der Waals surface area contributed by atoms with Gasteiger partial charge in [-0.1, -0.05) is 23.4 Å². The molecule has 0 amide bonds. The number of nitrogens with zero attached hydrogens (tertiary/aromatic N) is 4. The highest BCUT2D eigenvalue weighted by molar-refractivity contribution is 5.83. The Balaban J connectivity index is 1.47. The summed E-state index contributed by atoms with van der Waals surface area (Å²) in [6, 6.07) is 9.95. The summed E-state index contributed by atoms with van der Waals surface area (Å²) in [4.78, 5) is 26.1. The summed E-state index contributed by atoms with van der Waals surface area (Å²) >= 11 is 0. The monoisotopic (exact) mass is 467 g/mol. The number of aromatic nitrogens is 3. The summed E-state index contributed by atoms with van der Waals surface area (Å²) in [6.07, 6.45) is 14.3. The number of likely N-dealkylation sites (N-methyl/N-ethyl adjacent to an activating group) is 1. The molecule has 1 unspecified atom stereocenters. The normalized spacial score (nSPS) is 17.1. The second-order valence-electron chi connectivity index (χ2n) is 9.11. The highest BCUT2D eigenvalue weighted by Crippen LogP contribution is 2.38. The highest BCUT2D eigenvalue weighted by atomic mass is 16.5. The molecule has 3 aromatic rings. The second-order valence-corrected chi connectivity index (χ2v) is 9.11. The van der Waals surface area contributed by atoms with Gasteiger partial charge in [-0.2, -0.15) is 4.91 Å². The number of aromatic amines is 1. The summed E-state index contributed by atoms with van der Waals surface area (Å²) in [5.41, 5.74) is 7.09. The Labute approximate surface area is 205 Å². The fraction of sp³-hybridized carbons (Fsp3) is 0.286. The van der Waals surface area contributed by atoms with Crippen LogP contribution in [0, 0.1) is 4.91 Å². The summed E-state index contributed by atoms with van der Waals surface area (Å²) in [6.45, 7) is 1.52. The first-order valence-corrected chi connectivity index (χ1v) is 11.9. The number of allylic oxidation sites excluding steroid dienone is 5. The van der Waals surface area contributed by atoms with E-state index in [0.29, 0.717) is 6.61 Å². The number of H-pyrrole nitrogens is 1. The second kappa shape index (κ2) is 10.2. The molecular weight excluding hydrogens is 438 g/mol. The lowest BCUT2D eigenvalue weighted by atomic mass is 10.0. The lowest BCUT2D eigenvalue weighted by molar-refractivity contribution is 0.192. The summed E-state index contributed by atoms with van der Waals surface area (Å²) in [7, 11) is 4.07. The summed E-state index contributed by atoms with van der Waals surface area (Å²) < 4.78 is 5.92. The maximum absolute atomic E-state index is 11.2. The third-order valence-corrected chi connectivity index (χ3v) is 6.43. The molecule has 1 atom stereocenters. The molecule has 1 aromatic carbocycles. The molecule has 0 aliphatic heterocycles. The molecule has 0 radical (unpaired) electrons. The van der Waals surface area contributed by atoms with Gasteiger partial charge in [0.05, 0.1) is 11.4 Å². The van der Waals surface area contributed by atoms with Gasteiger partial charge in [0.15, 0.2) is 0 Å². The Morgan fingerprint density at radius 2 is 1.97 bits per heavy atom. The van der Waals surface area contributed by atoms with E-state index in [2.05, 4.69) is 44.3 Å². The number of ether oxygens (including phenoxy) is 1. The summed E-state index contributed by atoms with van der Waals surface area (Å²) in [5, 5.41) is 3.29. The van der Waals surface area contributed by atoms with Crippen LogP contribution in [0.15, 0.2) is 78.0 Å². The number of hydrogen-bond donors (Lipinski definition) is 1. The van der Waals surface area contributed by atoms with E-state index >= 15 is 0 Å². The number of rotatable bonds is 8. The molecular formula is C28H29N5O2. The van der Waals surface area contributed by atoms with Gasteiger partial charge in [0.1, 0.15) is 24.2 Å². The minimum Gasteiger partial charge on any atom is -0.493 e. The van der Waals surface area contributed by atoms with Crippen LogP contribution in [0.4, 0.5) is 0 Å². The lowest BCUT2D eigenvalue weighted by Crippen LogP contribution is -2.17. The van der Waals surface area contributed by atoms with Crippen LogP contribution in [0.25, 0.3) is 28.1 Å². The molecule has 0 bridgehead atoms. The maximum Gasteiger partial charge on any atom is 0.138 e. The fourth-order valence-electron chi connectivity index (χ4n) is 4.54. The molecule has 7 heteroatoms. The van der Waals surface area contributed by atoms with Gasteiger partial charge < -0.3 is 14.6 Å². The number of benzene rings is 1. The molecule has 1 N–H and O–H groups in total. The number of aryl methyl sites for hydroxylation is 1. The topological polar surface area (TPSA) is 83.5 Å². The molecule has 2 aliphatic carbocycles. The Kier molecular flexibility index (Phi) is 6.68. The Morgan fingerprint density at radius 1 is 1.11 bits per heavy atom. The zero-order valence-corrected chi connectivity index (χ0v) is 20.1. The number of hydrogen-bond acceptors (Lipinski definition) is 6. The number of nitrogens with one attached hydrogen (secondary N) is 1. The predicted octanol–water partition coefficient (Wildman–Crippen LogP) is 5.70. The zero-order valence-electron chi connectivity index (χ0n) is 20.1. The molecule has 0 spiro atoms. The first kappa shape index (κ1) is 22.9. The molecule has 178 valence electrons. The predicted molar refractivity (Wildman–Crippen MR) is 138 cm³/mol. The zero-order chi connectivity index (χ0) is 24.2. The first-order chi connectivity index (χ1) is 17.1. The van der Waals surface area contributed by atoms with Gasteiger partial charge in [-0.3, -0.25) is 4.98 Å². The average Bonchev–Trinajstić information content (AvgIpc) is 3.42. The van der Waals surface area contributed by atoms with Gasteiger partial charge in [0.2, 0.25) is 0 Å². The fourth-order valence-corrected chi connectivity index (χ4v) is 4.54. The molecule has 2 aliphatic rings. The van der Waals surface area contributed by atoms with Crippen molar-refractivity contribution in [1.29, 1.82) is 0 Å². The molecule has 35 heavy (non-hydrogen) atoms. The van der Waals surface area contributed by atoms with Crippen LogP contribution in [0.1, 0.15) is 35.8 Å². The van der Waals surface area contributed by atoms with Crippen molar-refractivity contribution in [3.8, 4) is 22.5 Å². The number of nitroso groups, excluding NO2 is 1. The quantitative estimate of drug-likeness (QED) is 0.430. The SMILES string of the molecule is CN(C)CCOC1=CCC=C(c2nc(-c3ccc4c(c3)CCC4N=O)c(-c3ccncc3)[nH]2)C=C1. The molecule has 7 nitrogen and oxygen atoms in total. The lowest BCUT2D eigenvalue weighted by Gasteiger charge is -2.11. The molecule has 0 saturated heterocycles. The molecule has 0 fully saturated rings. The van der Waals surface area contributed by atoms with E-state index in [1.165, 1.54) is 5.56 Å². The van der Waals surface area contributed by atoms with E-state index in [1.807, 2.05) is 44.4 Å². The third kappa shape index (κ3) is 5.00. The van der Waals surface area contributed by atoms with Gasteiger partial charge in [-0.15, -0.1) is 0 Å². The van der Waals surface area contributed by atoms with Crippen LogP contribution in [0.2, 0.25) is 0 Å². The van der Waals surface area contributed by atoms with E-state index in [0.717, 1.165) is 71.0 Å². The molecule has 5 rings (SSSR count). The van der Waals surface area contributed by atoms with Gasteiger partial charge >= 0.3 is 0 Å².